The van der Waals surface area contributed by atoms with E-state index in [0.29, 0.717) is 11.9 Å². The van der Waals surface area contributed by atoms with Crippen molar-refractivity contribution in [3.63, 3.8) is 0 Å². The lowest BCUT2D eigenvalue weighted by atomic mass is 9.82. The van der Waals surface area contributed by atoms with Crippen molar-refractivity contribution in [3.05, 3.63) is 11.9 Å². The molecule has 1 aromatic rings. The molecular formula is C14H23N5. The number of nitrogens with zero attached hydrogens (tertiary/aromatic N) is 3. The van der Waals surface area contributed by atoms with E-state index in [1.165, 1.54) is 32.1 Å². The van der Waals surface area contributed by atoms with Gasteiger partial charge in [0.05, 0.1) is 0 Å². The Bertz CT molecular complexity index is 427. The van der Waals surface area contributed by atoms with Gasteiger partial charge in [0.15, 0.2) is 0 Å². The Kier molecular flexibility index (Phi) is 3.31. The summed E-state index contributed by atoms with van der Waals surface area (Å²) in [7, 11) is 2.28. The van der Waals surface area contributed by atoms with Gasteiger partial charge < -0.3 is 16.0 Å². The van der Waals surface area contributed by atoms with E-state index in [0.717, 1.165) is 23.7 Å². The van der Waals surface area contributed by atoms with E-state index in [1.807, 2.05) is 13.0 Å². The van der Waals surface area contributed by atoms with Crippen molar-refractivity contribution in [2.75, 3.05) is 18.1 Å². The van der Waals surface area contributed by atoms with E-state index in [1.54, 1.807) is 0 Å². The molecule has 5 nitrogen and oxygen atoms in total. The Balaban J connectivity index is 1.70. The van der Waals surface area contributed by atoms with Crippen molar-refractivity contribution in [2.24, 2.45) is 0 Å². The maximum absolute atomic E-state index is 5.78. The maximum Gasteiger partial charge on any atom is 0.132 e. The molecule has 1 aromatic heterocycles. The summed E-state index contributed by atoms with van der Waals surface area (Å²) in [5.74, 6) is 2.15. The van der Waals surface area contributed by atoms with Gasteiger partial charge in [0.25, 0.3) is 0 Å². The number of hydrogen-bond donors (Lipinski definition) is 2. The van der Waals surface area contributed by atoms with Crippen LogP contribution in [0.1, 0.15) is 37.9 Å². The Morgan fingerprint density at radius 1 is 1.26 bits per heavy atom. The number of aryl methyl sites for hydroxylation is 1. The Morgan fingerprint density at radius 3 is 2.58 bits per heavy atom. The first-order valence-electron chi connectivity index (χ1n) is 7.21. The summed E-state index contributed by atoms with van der Waals surface area (Å²) < 4.78 is 0. The van der Waals surface area contributed by atoms with Crippen LogP contribution in [0, 0.1) is 6.92 Å². The molecule has 2 bridgehead atoms. The van der Waals surface area contributed by atoms with Gasteiger partial charge in [-0.2, -0.15) is 0 Å². The molecule has 2 unspecified atom stereocenters. The summed E-state index contributed by atoms with van der Waals surface area (Å²) in [5.41, 5.74) is 5.78. The molecule has 0 amide bonds. The van der Waals surface area contributed by atoms with Crippen molar-refractivity contribution in [1.82, 2.24) is 14.9 Å². The Hall–Kier alpha value is -1.36. The molecule has 3 rings (SSSR count). The van der Waals surface area contributed by atoms with E-state index in [9.17, 15) is 0 Å². The van der Waals surface area contributed by atoms with E-state index in [-0.39, 0.29) is 0 Å². The van der Waals surface area contributed by atoms with Crippen LogP contribution in [0.5, 0.6) is 0 Å². The molecule has 0 radical (unpaired) electrons. The smallest absolute Gasteiger partial charge is 0.132 e. The number of rotatable bonds is 2. The first-order chi connectivity index (χ1) is 9.11. The lowest BCUT2D eigenvalue weighted by molar-refractivity contribution is 0.0608. The van der Waals surface area contributed by atoms with Gasteiger partial charge in [-0.05, 0) is 39.7 Å². The molecule has 19 heavy (non-hydrogen) atoms. The normalized spacial score (nSPS) is 31.2. The van der Waals surface area contributed by atoms with Crippen LogP contribution in [0.4, 0.5) is 11.6 Å². The van der Waals surface area contributed by atoms with Gasteiger partial charge in [0, 0.05) is 24.2 Å². The van der Waals surface area contributed by atoms with Crippen molar-refractivity contribution < 1.29 is 0 Å². The number of hydrogen-bond acceptors (Lipinski definition) is 5. The SMILES string of the molecule is Cc1nc(N)cc(NC2CC3CCCC(C2)N3C)n1. The van der Waals surface area contributed by atoms with Crippen molar-refractivity contribution in [3.8, 4) is 0 Å². The fourth-order valence-electron chi connectivity index (χ4n) is 3.61. The van der Waals surface area contributed by atoms with Crippen LogP contribution in [-0.4, -0.2) is 40.0 Å². The zero-order valence-electron chi connectivity index (χ0n) is 11.8. The minimum absolute atomic E-state index is 0.514. The minimum atomic E-state index is 0.514. The summed E-state index contributed by atoms with van der Waals surface area (Å²) in [5, 5.41) is 3.55. The molecule has 3 N–H and O–H groups in total. The molecule has 0 spiro atoms. The summed E-state index contributed by atoms with van der Waals surface area (Å²) in [4.78, 5) is 11.1. The number of anilines is 2. The zero-order valence-corrected chi connectivity index (χ0v) is 11.8. The number of nitrogens with one attached hydrogen (secondary N) is 1. The summed E-state index contributed by atoms with van der Waals surface area (Å²) in [6, 6.07) is 3.80. The summed E-state index contributed by atoms with van der Waals surface area (Å²) in [6.45, 7) is 1.88. The molecule has 0 saturated carbocycles. The van der Waals surface area contributed by atoms with Crippen LogP contribution in [0.2, 0.25) is 0 Å². The average Bonchev–Trinajstić information content (AvgIpc) is 2.29. The lowest BCUT2D eigenvalue weighted by Gasteiger charge is -2.47. The van der Waals surface area contributed by atoms with Crippen LogP contribution >= 0.6 is 0 Å². The molecule has 2 aliphatic heterocycles. The zero-order chi connectivity index (χ0) is 13.4. The van der Waals surface area contributed by atoms with Crippen LogP contribution in [0.3, 0.4) is 0 Å². The van der Waals surface area contributed by atoms with Crippen molar-refractivity contribution in [1.29, 1.82) is 0 Å². The van der Waals surface area contributed by atoms with E-state index >= 15 is 0 Å². The van der Waals surface area contributed by atoms with Crippen molar-refractivity contribution >= 4 is 11.6 Å². The van der Waals surface area contributed by atoms with Crippen molar-refractivity contribution in [2.45, 2.75) is 57.2 Å². The molecule has 0 aliphatic carbocycles. The molecule has 0 aromatic carbocycles. The summed E-state index contributed by atoms with van der Waals surface area (Å²) in [6.07, 6.45) is 6.45. The number of nitrogen functional groups attached to an aromatic ring is 1. The van der Waals surface area contributed by atoms with E-state index in [4.69, 9.17) is 5.73 Å². The van der Waals surface area contributed by atoms with Gasteiger partial charge in [-0.25, -0.2) is 9.97 Å². The Labute approximate surface area is 114 Å². The fourth-order valence-corrected chi connectivity index (χ4v) is 3.61. The van der Waals surface area contributed by atoms with Gasteiger partial charge in [-0.1, -0.05) is 6.42 Å². The second kappa shape index (κ2) is 4.96. The highest BCUT2D eigenvalue weighted by Crippen LogP contribution is 2.33. The van der Waals surface area contributed by atoms with E-state index < -0.39 is 0 Å². The first kappa shape index (κ1) is 12.7. The first-order valence-corrected chi connectivity index (χ1v) is 7.21. The molecule has 2 fully saturated rings. The molecular weight excluding hydrogens is 238 g/mol. The highest BCUT2D eigenvalue weighted by Gasteiger charge is 2.35. The predicted molar refractivity (Wildman–Crippen MR) is 77.0 cm³/mol. The third-order valence-corrected chi connectivity index (χ3v) is 4.55. The molecule has 104 valence electrons. The van der Waals surface area contributed by atoms with Crippen LogP contribution < -0.4 is 11.1 Å². The van der Waals surface area contributed by atoms with Gasteiger partial charge >= 0.3 is 0 Å². The third-order valence-electron chi connectivity index (χ3n) is 4.55. The molecule has 2 atom stereocenters. The summed E-state index contributed by atoms with van der Waals surface area (Å²) >= 11 is 0. The largest absolute Gasteiger partial charge is 0.384 e. The van der Waals surface area contributed by atoms with Crippen LogP contribution in [0.15, 0.2) is 6.07 Å². The standard InChI is InChI=1S/C14H23N5/c1-9-16-13(15)8-14(17-9)18-10-6-11-4-3-5-12(7-10)19(11)2/h8,10-12H,3-7H2,1-2H3,(H3,15,16,17,18). The average molecular weight is 261 g/mol. The number of nitrogens with two attached hydrogens (primary N) is 1. The molecule has 3 heterocycles. The lowest BCUT2D eigenvalue weighted by Crippen LogP contribution is -2.52. The number of fused-ring (bicyclic) bond motifs is 2. The van der Waals surface area contributed by atoms with Gasteiger partial charge in [-0.3, -0.25) is 0 Å². The minimum Gasteiger partial charge on any atom is -0.384 e. The highest BCUT2D eigenvalue weighted by molar-refractivity contribution is 5.45. The van der Waals surface area contributed by atoms with Crippen LogP contribution in [-0.2, 0) is 0 Å². The predicted octanol–water partition coefficient (Wildman–Crippen LogP) is 1.79. The molecule has 2 aliphatic rings. The second-order valence-electron chi connectivity index (χ2n) is 5.94. The number of piperidine rings is 2. The second-order valence-corrected chi connectivity index (χ2v) is 5.94. The monoisotopic (exact) mass is 261 g/mol. The quantitative estimate of drug-likeness (QED) is 0.849. The Morgan fingerprint density at radius 2 is 1.95 bits per heavy atom. The van der Waals surface area contributed by atoms with Gasteiger partial charge in [0.1, 0.15) is 17.5 Å². The number of aromatic nitrogens is 2. The molecule has 2 saturated heterocycles. The maximum atomic E-state index is 5.78. The van der Waals surface area contributed by atoms with Gasteiger partial charge in [0.2, 0.25) is 0 Å². The third kappa shape index (κ3) is 2.66. The van der Waals surface area contributed by atoms with Crippen LogP contribution in [0.25, 0.3) is 0 Å². The highest BCUT2D eigenvalue weighted by atomic mass is 15.2. The fraction of sp³-hybridized carbons (Fsp3) is 0.714. The molecule has 5 heteroatoms. The van der Waals surface area contributed by atoms with E-state index in [2.05, 4.69) is 27.2 Å². The topological polar surface area (TPSA) is 67.1 Å². The van der Waals surface area contributed by atoms with Gasteiger partial charge in [-0.15, -0.1) is 0 Å².